The molecule has 32 heavy (non-hydrogen) atoms. The van der Waals surface area contributed by atoms with Gasteiger partial charge in [-0.3, -0.25) is 0 Å². The molecule has 2 aliphatic carbocycles. The third-order valence-electron chi connectivity index (χ3n) is 8.19. The number of hydrogen-bond acceptors (Lipinski definition) is 3. The lowest BCUT2D eigenvalue weighted by Gasteiger charge is -2.40. The second-order valence-electron chi connectivity index (χ2n) is 10.1. The summed E-state index contributed by atoms with van der Waals surface area (Å²) >= 11 is 0. The van der Waals surface area contributed by atoms with Crippen molar-refractivity contribution in [1.29, 1.82) is 0 Å². The zero-order chi connectivity index (χ0) is 21.5. The third kappa shape index (κ3) is 3.43. The number of rotatable bonds is 5. The van der Waals surface area contributed by atoms with Crippen LogP contribution in [0.15, 0.2) is 48.5 Å². The summed E-state index contributed by atoms with van der Waals surface area (Å²) in [6.07, 6.45) is 5.56. The largest absolute Gasteiger partial charge is 0.376 e. The highest BCUT2D eigenvalue weighted by molar-refractivity contribution is 5.74. The highest BCUT2D eigenvalue weighted by Gasteiger charge is 2.53. The van der Waals surface area contributed by atoms with Gasteiger partial charge in [-0.1, -0.05) is 48.5 Å². The SMILES string of the molecule is O=C(NCC1CCCO1)NC1CCN(CC23CC(c4ccccc42)c2ccccc23)CC1. The number of hydrogen-bond donors (Lipinski definition) is 2. The van der Waals surface area contributed by atoms with Crippen LogP contribution < -0.4 is 10.6 Å². The van der Waals surface area contributed by atoms with Gasteiger partial charge in [-0.15, -0.1) is 0 Å². The van der Waals surface area contributed by atoms with Gasteiger partial charge in [-0.25, -0.2) is 4.79 Å². The Labute approximate surface area is 190 Å². The lowest BCUT2D eigenvalue weighted by molar-refractivity contribution is 0.110. The van der Waals surface area contributed by atoms with Gasteiger partial charge in [0.25, 0.3) is 0 Å². The molecule has 2 aliphatic heterocycles. The molecule has 0 spiro atoms. The molecule has 6 rings (SSSR count). The Morgan fingerprint density at radius 1 is 1.00 bits per heavy atom. The van der Waals surface area contributed by atoms with Gasteiger partial charge in [0.15, 0.2) is 0 Å². The van der Waals surface area contributed by atoms with E-state index in [-0.39, 0.29) is 23.6 Å². The van der Waals surface area contributed by atoms with Crippen LogP contribution in [0, 0.1) is 0 Å². The monoisotopic (exact) mass is 431 g/mol. The van der Waals surface area contributed by atoms with Crippen LogP contribution in [-0.2, 0) is 10.2 Å². The van der Waals surface area contributed by atoms with E-state index in [4.69, 9.17) is 4.74 Å². The average Bonchev–Trinajstić information content (AvgIpc) is 3.54. The smallest absolute Gasteiger partial charge is 0.315 e. The van der Waals surface area contributed by atoms with Gasteiger partial charge in [0.2, 0.25) is 0 Å². The molecule has 2 aromatic carbocycles. The van der Waals surface area contributed by atoms with Gasteiger partial charge in [0, 0.05) is 50.2 Å². The fourth-order valence-corrected chi connectivity index (χ4v) is 6.67. The van der Waals surface area contributed by atoms with Crippen LogP contribution in [0.5, 0.6) is 0 Å². The molecule has 2 aromatic rings. The van der Waals surface area contributed by atoms with E-state index in [1.54, 1.807) is 0 Å². The molecule has 4 aliphatic rings. The van der Waals surface area contributed by atoms with Crippen molar-refractivity contribution in [3.8, 4) is 0 Å². The van der Waals surface area contributed by atoms with Gasteiger partial charge in [0.05, 0.1) is 6.10 Å². The first-order valence-corrected chi connectivity index (χ1v) is 12.3. The second-order valence-corrected chi connectivity index (χ2v) is 10.1. The van der Waals surface area contributed by atoms with Crippen LogP contribution in [0.25, 0.3) is 0 Å². The molecule has 0 saturated carbocycles. The number of carbonyl (C=O) groups is 1. The molecule has 5 heteroatoms. The minimum atomic E-state index is -0.0465. The highest BCUT2D eigenvalue weighted by Crippen LogP contribution is 2.60. The van der Waals surface area contributed by atoms with E-state index in [1.807, 2.05) is 0 Å². The maximum atomic E-state index is 12.3. The highest BCUT2D eigenvalue weighted by atomic mass is 16.5. The van der Waals surface area contributed by atoms with Crippen molar-refractivity contribution in [2.24, 2.45) is 0 Å². The first-order valence-electron chi connectivity index (χ1n) is 12.3. The minimum Gasteiger partial charge on any atom is -0.376 e. The lowest BCUT2D eigenvalue weighted by atomic mass is 9.74. The van der Waals surface area contributed by atoms with Crippen molar-refractivity contribution in [2.45, 2.75) is 55.6 Å². The summed E-state index contributed by atoms with van der Waals surface area (Å²) in [5.41, 5.74) is 6.27. The molecule has 0 aromatic heterocycles. The second kappa shape index (κ2) is 8.20. The molecule has 2 bridgehead atoms. The van der Waals surface area contributed by atoms with Crippen LogP contribution in [0.1, 0.15) is 60.3 Å². The molecular formula is C27H33N3O2. The van der Waals surface area contributed by atoms with E-state index in [2.05, 4.69) is 64.1 Å². The summed E-state index contributed by atoms with van der Waals surface area (Å²) in [5.74, 6) is 0.550. The standard InChI is InChI=1S/C27H33N3O2/c31-26(28-17-20-6-5-15-32-20)29-19-11-13-30(14-12-19)18-27-16-23(21-7-1-3-9-24(21)27)22-8-2-4-10-25(22)27/h1-4,7-10,19-20,23H,5-6,11-18H2,(H2,28,29,31). The summed E-state index contributed by atoms with van der Waals surface area (Å²) in [6.45, 7) is 4.59. The molecule has 168 valence electrons. The quantitative estimate of drug-likeness (QED) is 0.758. The Bertz CT molecular complexity index is 944. The molecule has 2 saturated heterocycles. The first-order chi connectivity index (χ1) is 15.7. The van der Waals surface area contributed by atoms with Gasteiger partial charge in [0.1, 0.15) is 0 Å². The predicted molar refractivity (Wildman–Crippen MR) is 125 cm³/mol. The zero-order valence-corrected chi connectivity index (χ0v) is 18.7. The Kier molecular flexibility index (Phi) is 5.19. The normalized spacial score (nSPS) is 29.0. The summed E-state index contributed by atoms with van der Waals surface area (Å²) in [7, 11) is 0. The van der Waals surface area contributed by atoms with Crippen molar-refractivity contribution in [3.63, 3.8) is 0 Å². The molecule has 5 nitrogen and oxygen atoms in total. The number of benzene rings is 2. The van der Waals surface area contributed by atoms with Crippen LogP contribution in [0.4, 0.5) is 4.79 Å². The maximum Gasteiger partial charge on any atom is 0.315 e. The number of ether oxygens (including phenoxy) is 1. The van der Waals surface area contributed by atoms with Crippen LogP contribution >= 0.6 is 0 Å². The Hall–Kier alpha value is -2.37. The Morgan fingerprint density at radius 2 is 1.69 bits per heavy atom. The zero-order valence-electron chi connectivity index (χ0n) is 18.7. The molecule has 2 heterocycles. The molecule has 1 atom stereocenters. The summed E-state index contributed by atoms with van der Waals surface area (Å²) in [6, 6.07) is 18.4. The van der Waals surface area contributed by atoms with Crippen molar-refractivity contribution in [1.82, 2.24) is 15.5 Å². The number of fused-ring (bicyclic) bond motifs is 8. The van der Waals surface area contributed by atoms with Crippen LogP contribution in [0.3, 0.4) is 0 Å². The number of carbonyl (C=O) groups excluding carboxylic acids is 1. The van der Waals surface area contributed by atoms with Crippen molar-refractivity contribution in [3.05, 3.63) is 70.8 Å². The number of nitrogens with zero attached hydrogens (tertiary/aromatic N) is 1. The van der Waals surface area contributed by atoms with Crippen molar-refractivity contribution >= 4 is 6.03 Å². The van der Waals surface area contributed by atoms with Crippen LogP contribution in [0.2, 0.25) is 0 Å². The van der Waals surface area contributed by atoms with E-state index in [0.29, 0.717) is 12.5 Å². The molecule has 2 fully saturated rings. The van der Waals surface area contributed by atoms with Gasteiger partial charge < -0.3 is 20.3 Å². The van der Waals surface area contributed by atoms with Crippen molar-refractivity contribution in [2.75, 3.05) is 32.8 Å². The predicted octanol–water partition coefficient (Wildman–Crippen LogP) is 3.76. The molecular weight excluding hydrogens is 398 g/mol. The van der Waals surface area contributed by atoms with Gasteiger partial charge in [-0.05, 0) is 54.4 Å². The Morgan fingerprint density at radius 3 is 2.34 bits per heavy atom. The number of urea groups is 1. The number of likely N-dealkylation sites (tertiary alicyclic amines) is 1. The first kappa shape index (κ1) is 20.3. The number of piperidine rings is 1. The molecule has 0 radical (unpaired) electrons. The van der Waals surface area contributed by atoms with E-state index in [9.17, 15) is 4.79 Å². The third-order valence-corrected chi connectivity index (χ3v) is 8.19. The molecule has 1 unspecified atom stereocenters. The topological polar surface area (TPSA) is 53.6 Å². The molecule has 2 N–H and O–H groups in total. The van der Waals surface area contributed by atoms with E-state index in [1.165, 1.54) is 28.7 Å². The summed E-state index contributed by atoms with van der Waals surface area (Å²) < 4.78 is 5.59. The van der Waals surface area contributed by atoms with Crippen LogP contribution in [-0.4, -0.2) is 55.9 Å². The average molecular weight is 432 g/mol. The number of amides is 2. The maximum absolute atomic E-state index is 12.3. The fraction of sp³-hybridized carbons (Fsp3) is 0.519. The summed E-state index contributed by atoms with van der Waals surface area (Å²) in [5, 5.41) is 6.18. The molecule has 2 amide bonds. The summed E-state index contributed by atoms with van der Waals surface area (Å²) in [4.78, 5) is 14.9. The number of nitrogens with one attached hydrogen (secondary N) is 2. The van der Waals surface area contributed by atoms with E-state index >= 15 is 0 Å². The minimum absolute atomic E-state index is 0.0465. The lowest BCUT2D eigenvalue weighted by Crippen LogP contribution is -2.51. The Balaban J connectivity index is 1.09. The fourth-order valence-electron chi connectivity index (χ4n) is 6.67. The van der Waals surface area contributed by atoms with E-state index < -0.39 is 0 Å². The van der Waals surface area contributed by atoms with E-state index in [0.717, 1.165) is 51.9 Å². The van der Waals surface area contributed by atoms with Gasteiger partial charge >= 0.3 is 6.03 Å². The van der Waals surface area contributed by atoms with Crippen molar-refractivity contribution < 1.29 is 9.53 Å². The van der Waals surface area contributed by atoms with Gasteiger partial charge in [-0.2, -0.15) is 0 Å².